The molecule has 0 saturated carbocycles. The molecule has 22 rings (SSSR count). The zero-order valence-corrected chi connectivity index (χ0v) is 80.7. The lowest BCUT2D eigenvalue weighted by Crippen LogP contribution is -2.27. The average molecular weight is 1870 g/mol. The number of hydrogen-bond donors (Lipinski definition) is 0. The van der Waals surface area contributed by atoms with Crippen LogP contribution in [0.15, 0.2) is 188 Å². The summed E-state index contributed by atoms with van der Waals surface area (Å²) < 4.78 is 11.6. The predicted molar refractivity (Wildman–Crippen MR) is 543 cm³/mol. The second-order valence-corrected chi connectivity index (χ2v) is 48.8. The average Bonchev–Trinajstić information content (AvgIpc) is 1.56. The maximum Gasteiger partial charge on any atom is 0.267 e. The maximum absolute atomic E-state index is 14.3. The summed E-state index contributed by atoms with van der Waals surface area (Å²) in [5.74, 6) is 0. The Kier molecular flexibility index (Phi) is 21.7. The molecule has 0 unspecified atom stereocenters. The van der Waals surface area contributed by atoms with Crippen molar-refractivity contribution in [2.75, 3.05) is 0 Å². The number of thiophene rings is 18. The van der Waals surface area contributed by atoms with E-state index in [2.05, 4.69) is 165 Å². The van der Waals surface area contributed by atoms with Gasteiger partial charge in [-0.1, -0.05) is 27.7 Å². The summed E-state index contributed by atoms with van der Waals surface area (Å²) in [5.41, 5.74) is 6.86. The van der Waals surface area contributed by atoms with Gasteiger partial charge < -0.3 is 0 Å². The van der Waals surface area contributed by atoms with Crippen LogP contribution in [-0.4, -0.2) is 9.13 Å². The largest absolute Gasteiger partial charge is 0.268 e. The molecule has 0 saturated heterocycles. The molecule has 0 amide bonds. The van der Waals surface area contributed by atoms with Gasteiger partial charge in [0.1, 0.15) is 10.0 Å². The number of rotatable bonds is 12. The van der Waals surface area contributed by atoms with E-state index in [1.807, 2.05) is 214 Å². The van der Waals surface area contributed by atoms with Gasteiger partial charge in [-0.05, 0) is 249 Å². The molecule has 0 aliphatic carbocycles. The van der Waals surface area contributed by atoms with E-state index in [1.54, 1.807) is 68.0 Å². The van der Waals surface area contributed by atoms with E-state index in [1.165, 1.54) is 193 Å². The van der Waals surface area contributed by atoms with Crippen LogP contribution < -0.4 is 22.2 Å². The van der Waals surface area contributed by atoms with Gasteiger partial charge in [0, 0.05) is 180 Å². The first-order chi connectivity index (χ1) is 57.2. The van der Waals surface area contributed by atoms with Crippen LogP contribution in [0.2, 0.25) is 0 Å². The van der Waals surface area contributed by atoms with Crippen LogP contribution in [-0.2, 0) is 0 Å². The van der Waals surface area contributed by atoms with Crippen molar-refractivity contribution in [2.45, 2.75) is 96.9 Å². The van der Waals surface area contributed by atoms with Crippen LogP contribution >= 0.6 is 204 Å². The molecule has 0 fully saturated rings. The Hall–Kier alpha value is -7.64. The van der Waals surface area contributed by atoms with Gasteiger partial charge in [-0.2, -0.15) is 0 Å². The van der Waals surface area contributed by atoms with E-state index in [-0.39, 0.29) is 22.2 Å². The van der Waals surface area contributed by atoms with E-state index in [9.17, 15) is 19.2 Å². The van der Waals surface area contributed by atoms with Crippen molar-refractivity contribution in [3.8, 4) is 110 Å². The first kappa shape index (κ1) is 80.1. The minimum absolute atomic E-state index is 0.252. The van der Waals surface area contributed by atoms with Gasteiger partial charge in [-0.3, -0.25) is 19.2 Å². The highest BCUT2D eigenvalue weighted by Gasteiger charge is 2.30. The summed E-state index contributed by atoms with van der Waals surface area (Å²) in [6.45, 7) is 29.7. The van der Waals surface area contributed by atoms with Crippen molar-refractivity contribution in [3.63, 3.8) is 0 Å². The zero-order chi connectivity index (χ0) is 81.7. The lowest BCUT2D eigenvalue weighted by Gasteiger charge is -2.09. The Morgan fingerprint density at radius 1 is 0.220 bits per heavy atom. The van der Waals surface area contributed by atoms with Crippen molar-refractivity contribution in [1.29, 1.82) is 0 Å². The lowest BCUT2D eigenvalue weighted by molar-refractivity contribution is 0.999. The Labute approximate surface area is 752 Å². The van der Waals surface area contributed by atoms with Crippen LogP contribution in [0.25, 0.3) is 191 Å². The molecule has 24 heteroatoms. The molecular formula is C94H70N2O4S18. The Morgan fingerprint density at radius 2 is 0.500 bits per heavy atom. The fraction of sp³-hybridized carbons (Fsp3) is 0.149. The fourth-order valence-corrected chi connectivity index (χ4v) is 34.9. The molecular weight excluding hydrogens is 1800 g/mol. The second-order valence-electron chi connectivity index (χ2n) is 28.3. The first-order valence-electron chi connectivity index (χ1n) is 38.2. The van der Waals surface area contributed by atoms with E-state index < -0.39 is 0 Å². The summed E-state index contributed by atoms with van der Waals surface area (Å²) in [6, 6.07) is 57.0. The van der Waals surface area contributed by atoms with Crippen molar-refractivity contribution in [1.82, 2.24) is 9.13 Å². The molecule has 0 radical (unpaired) electrons. The molecule has 0 aliphatic rings. The third kappa shape index (κ3) is 13.8. The Balaban J connectivity index is 0.000000151. The van der Waals surface area contributed by atoms with Crippen molar-refractivity contribution in [2.24, 2.45) is 0 Å². The normalized spacial score (nSPS) is 11.8. The molecule has 20 aromatic heterocycles. The van der Waals surface area contributed by atoms with Gasteiger partial charge >= 0.3 is 0 Å². The summed E-state index contributed by atoms with van der Waals surface area (Å²) in [4.78, 5) is 86.1. The number of aryl methyl sites for hydroxylation is 10. The topological polar surface area (TPSA) is 78.1 Å². The number of hydrogen-bond acceptors (Lipinski definition) is 22. The lowest BCUT2D eigenvalue weighted by atomic mass is 9.99. The van der Waals surface area contributed by atoms with Crippen LogP contribution in [0.4, 0.5) is 0 Å². The van der Waals surface area contributed by atoms with Gasteiger partial charge in [-0.25, -0.2) is 9.13 Å². The first-order valence-corrected chi connectivity index (χ1v) is 53.0. The molecule has 20 heterocycles. The van der Waals surface area contributed by atoms with Crippen LogP contribution in [0.5, 0.6) is 0 Å². The standard InChI is InChI=1S/C46H31NO2S9.C44H27NO2S9.2C2H6/c1-20-14-32(54-25(20)6)34-17-26-38(30-11-9-22(3)51-30)42-27(39(41(26)56-34)31-12-10-23(4)52-31)18-35(57-42)33-15-21(2)40(55-33)36-19-29-44(58-36)43-28(16-24(5)53-43)45(48)47(46(29)49)37-8-7-13-50-37;1-20-7-10-28(49-20)33-17-24-37(31-11-8-21(2)50-31)40-25(38(39(24)54-33)32-12-9-22(3)51-32)18-34(55-40)29-13-14-30(53-29)35-19-27-42(56-35)41-26(16-23(4)52-41)43(46)45(44(27)47)36-6-5-15-48-36;2*1-2/h7-19H,1-6H3;5-19H,1-4H3;2*1-2H3. The second kappa shape index (κ2) is 32.0. The van der Waals surface area contributed by atoms with E-state index in [0.717, 1.165) is 48.1 Å². The van der Waals surface area contributed by atoms with Crippen molar-refractivity contribution in [3.05, 3.63) is 260 Å². The Bertz CT molecular complexity index is 7780. The molecule has 0 atom stereocenters. The fourth-order valence-electron chi connectivity index (χ4n) is 15.2. The van der Waals surface area contributed by atoms with Gasteiger partial charge in [0.25, 0.3) is 22.2 Å². The third-order valence-corrected chi connectivity index (χ3v) is 41.2. The highest BCUT2D eigenvalue weighted by Crippen LogP contribution is 2.59. The van der Waals surface area contributed by atoms with Gasteiger partial charge in [-0.15, -0.1) is 204 Å². The number of benzene rings is 2. The highest BCUT2D eigenvalue weighted by molar-refractivity contribution is 7.35. The predicted octanol–water partition coefficient (Wildman–Crippen LogP) is 34.5. The number of fused-ring (bicyclic) bond motifs is 10. The summed E-state index contributed by atoms with van der Waals surface area (Å²) in [6.07, 6.45) is 0. The SMILES string of the molecule is CC.CC.Cc1ccc(-c2c3cc(-c4cc(C)c(-c5cc6c(=O)n(-c7cccs7)c(=O)c7cc(C)sc7c6s5)s4)sc3c(-c3ccc(C)s3)c3cc(-c4cc(C)c(C)s4)sc23)s1.Cc1ccc(-c2cc3c(-c4ccc(C)s4)c4sc(-c5ccc(-c6cc7c(=O)n(-c8cccs8)c(=O)c8cc(C)sc8c7s6)s5)cc4c(-c4ccc(C)s4)c3s2)s1. The van der Waals surface area contributed by atoms with E-state index in [4.69, 9.17) is 0 Å². The smallest absolute Gasteiger partial charge is 0.267 e. The van der Waals surface area contributed by atoms with E-state index in [0.29, 0.717) is 31.5 Å². The van der Waals surface area contributed by atoms with E-state index >= 15 is 0 Å². The third-order valence-electron chi connectivity index (χ3n) is 20.5. The van der Waals surface area contributed by atoms with Gasteiger partial charge in [0.15, 0.2) is 0 Å². The van der Waals surface area contributed by atoms with Crippen LogP contribution in [0.1, 0.15) is 77.8 Å². The van der Waals surface area contributed by atoms with Crippen molar-refractivity contribution >= 4 is 285 Å². The van der Waals surface area contributed by atoms with Crippen LogP contribution in [0.3, 0.4) is 0 Å². The quantitative estimate of drug-likeness (QED) is 0.122. The molecule has 118 heavy (non-hydrogen) atoms. The molecule has 0 bridgehead atoms. The molecule has 588 valence electrons. The highest BCUT2D eigenvalue weighted by atomic mass is 32.2. The number of aromatic nitrogens is 2. The summed E-state index contributed by atoms with van der Waals surface area (Å²) in [5, 5.41) is 12.8. The summed E-state index contributed by atoms with van der Waals surface area (Å²) in [7, 11) is 0. The molecule has 0 aliphatic heterocycles. The molecule has 0 N–H and O–H groups in total. The molecule has 2 aromatic carbocycles. The summed E-state index contributed by atoms with van der Waals surface area (Å²) >= 11 is 31.7. The zero-order valence-electron chi connectivity index (χ0n) is 66.0. The minimum Gasteiger partial charge on any atom is -0.268 e. The monoisotopic (exact) mass is 1870 g/mol. The van der Waals surface area contributed by atoms with Gasteiger partial charge in [0.2, 0.25) is 0 Å². The van der Waals surface area contributed by atoms with Gasteiger partial charge in [0.05, 0.1) is 40.3 Å². The minimum atomic E-state index is -0.262. The maximum atomic E-state index is 14.3. The Morgan fingerprint density at radius 3 is 0.839 bits per heavy atom. The molecule has 6 nitrogen and oxygen atoms in total. The molecule has 22 aromatic rings. The van der Waals surface area contributed by atoms with Crippen molar-refractivity contribution < 1.29 is 0 Å². The van der Waals surface area contributed by atoms with Crippen LogP contribution in [0, 0.1) is 69.2 Å². The molecule has 0 spiro atoms. The number of nitrogens with zero attached hydrogens (tertiary/aromatic N) is 2.